The molecular weight excluding hydrogens is 188 g/mol. The summed E-state index contributed by atoms with van der Waals surface area (Å²) < 4.78 is 1.39. The lowest BCUT2D eigenvalue weighted by Gasteiger charge is -2.17. The summed E-state index contributed by atoms with van der Waals surface area (Å²) in [5.41, 5.74) is 1.83. The van der Waals surface area contributed by atoms with E-state index in [4.69, 9.17) is 0 Å². The van der Waals surface area contributed by atoms with Gasteiger partial charge >= 0.3 is 0 Å². The molecule has 0 radical (unpaired) electrons. The van der Waals surface area contributed by atoms with Gasteiger partial charge in [-0.25, -0.2) is 0 Å². The Kier molecular flexibility index (Phi) is 2.36. The van der Waals surface area contributed by atoms with Crippen LogP contribution < -0.4 is 0 Å². The zero-order chi connectivity index (χ0) is 10.2. The van der Waals surface area contributed by atoms with Crippen LogP contribution in [0.25, 0.3) is 10.1 Å². The fourth-order valence-corrected chi connectivity index (χ4v) is 2.51. The highest BCUT2D eigenvalue weighted by atomic mass is 32.1. The van der Waals surface area contributed by atoms with Crippen LogP contribution >= 0.6 is 11.3 Å². The minimum Gasteiger partial charge on any atom is -0.144 e. The molecule has 0 atom stereocenters. The number of hydrogen-bond donors (Lipinski definition) is 0. The van der Waals surface area contributed by atoms with Gasteiger partial charge in [-0.15, -0.1) is 11.3 Å². The molecule has 0 N–H and O–H groups in total. The molecule has 0 bridgehead atoms. The number of thiophene rings is 1. The van der Waals surface area contributed by atoms with Crippen LogP contribution in [0.2, 0.25) is 0 Å². The van der Waals surface area contributed by atoms with Crippen molar-refractivity contribution >= 4 is 21.4 Å². The van der Waals surface area contributed by atoms with Crippen molar-refractivity contribution in [2.45, 2.75) is 27.2 Å². The molecule has 1 heteroatoms. The molecule has 0 aliphatic heterocycles. The molecule has 1 aromatic heterocycles. The SMILES string of the molecule is CC(C)(C)Cc1ccc2sccc2c1. The topological polar surface area (TPSA) is 0 Å². The zero-order valence-corrected chi connectivity index (χ0v) is 9.82. The van der Waals surface area contributed by atoms with Gasteiger partial charge in [-0.3, -0.25) is 0 Å². The molecule has 0 aliphatic carbocycles. The highest BCUT2D eigenvalue weighted by molar-refractivity contribution is 7.17. The summed E-state index contributed by atoms with van der Waals surface area (Å²) in [6.45, 7) is 6.85. The van der Waals surface area contributed by atoms with Crippen LogP contribution in [0.4, 0.5) is 0 Å². The van der Waals surface area contributed by atoms with Gasteiger partial charge in [0.25, 0.3) is 0 Å². The normalized spacial score (nSPS) is 12.2. The van der Waals surface area contributed by atoms with Crippen LogP contribution in [0.5, 0.6) is 0 Å². The predicted molar refractivity (Wildman–Crippen MR) is 65.0 cm³/mol. The smallest absolute Gasteiger partial charge is 0.0342 e. The van der Waals surface area contributed by atoms with Crippen molar-refractivity contribution < 1.29 is 0 Å². The van der Waals surface area contributed by atoms with E-state index < -0.39 is 0 Å². The van der Waals surface area contributed by atoms with Crippen LogP contribution in [-0.2, 0) is 6.42 Å². The molecular formula is C13H16S. The average molecular weight is 204 g/mol. The van der Waals surface area contributed by atoms with Crippen molar-refractivity contribution in [2.75, 3.05) is 0 Å². The Morgan fingerprint density at radius 1 is 1.14 bits per heavy atom. The van der Waals surface area contributed by atoms with Crippen LogP contribution in [0.3, 0.4) is 0 Å². The lowest BCUT2D eigenvalue weighted by Crippen LogP contribution is -2.08. The van der Waals surface area contributed by atoms with E-state index >= 15 is 0 Å². The lowest BCUT2D eigenvalue weighted by atomic mass is 9.88. The predicted octanol–water partition coefficient (Wildman–Crippen LogP) is 4.49. The van der Waals surface area contributed by atoms with E-state index in [1.165, 1.54) is 15.6 Å². The highest BCUT2D eigenvalue weighted by Gasteiger charge is 2.11. The van der Waals surface area contributed by atoms with Crippen molar-refractivity contribution in [3.8, 4) is 0 Å². The summed E-state index contributed by atoms with van der Waals surface area (Å²) in [6, 6.07) is 9.01. The van der Waals surface area contributed by atoms with E-state index in [2.05, 4.69) is 50.4 Å². The molecule has 0 unspecified atom stereocenters. The summed E-state index contributed by atoms with van der Waals surface area (Å²) in [4.78, 5) is 0. The van der Waals surface area contributed by atoms with Gasteiger partial charge in [0.2, 0.25) is 0 Å². The molecule has 2 aromatic rings. The molecule has 0 saturated carbocycles. The Morgan fingerprint density at radius 2 is 1.93 bits per heavy atom. The van der Waals surface area contributed by atoms with E-state index in [0.29, 0.717) is 5.41 Å². The highest BCUT2D eigenvalue weighted by Crippen LogP contribution is 2.26. The molecule has 1 aromatic carbocycles. The molecule has 0 aliphatic rings. The van der Waals surface area contributed by atoms with Gasteiger partial charge in [-0.2, -0.15) is 0 Å². The van der Waals surface area contributed by atoms with Gasteiger partial charge in [0.1, 0.15) is 0 Å². The first-order valence-electron chi connectivity index (χ1n) is 5.01. The second kappa shape index (κ2) is 3.39. The summed E-state index contributed by atoms with van der Waals surface area (Å²) in [6.07, 6.45) is 1.15. The second-order valence-electron chi connectivity index (χ2n) is 5.03. The van der Waals surface area contributed by atoms with Crippen molar-refractivity contribution in [3.05, 3.63) is 35.2 Å². The van der Waals surface area contributed by atoms with Gasteiger partial charge in [-0.05, 0) is 40.3 Å². The third-order valence-corrected chi connectivity index (χ3v) is 3.15. The van der Waals surface area contributed by atoms with Gasteiger partial charge in [0.15, 0.2) is 0 Å². The van der Waals surface area contributed by atoms with Gasteiger partial charge < -0.3 is 0 Å². The first-order chi connectivity index (χ1) is 6.54. The number of rotatable bonds is 1. The van der Waals surface area contributed by atoms with Crippen molar-refractivity contribution in [3.63, 3.8) is 0 Å². The standard InChI is InChI=1S/C13H16S/c1-13(2,3)9-10-4-5-12-11(8-10)6-7-14-12/h4-8H,9H2,1-3H3. The Morgan fingerprint density at radius 3 is 2.64 bits per heavy atom. The maximum absolute atomic E-state index is 2.32. The molecule has 14 heavy (non-hydrogen) atoms. The maximum Gasteiger partial charge on any atom is 0.0342 e. The molecule has 0 nitrogen and oxygen atoms in total. The number of fused-ring (bicyclic) bond motifs is 1. The summed E-state index contributed by atoms with van der Waals surface area (Å²) >= 11 is 1.81. The fraction of sp³-hybridized carbons (Fsp3) is 0.385. The zero-order valence-electron chi connectivity index (χ0n) is 9.00. The average Bonchev–Trinajstić information content (AvgIpc) is 2.47. The van der Waals surface area contributed by atoms with Crippen molar-refractivity contribution in [1.82, 2.24) is 0 Å². The molecule has 1 heterocycles. The fourth-order valence-electron chi connectivity index (χ4n) is 1.74. The number of benzene rings is 1. The summed E-state index contributed by atoms with van der Waals surface area (Å²) in [7, 11) is 0. The van der Waals surface area contributed by atoms with Crippen LogP contribution in [0.1, 0.15) is 26.3 Å². The van der Waals surface area contributed by atoms with Crippen molar-refractivity contribution in [2.24, 2.45) is 5.41 Å². The van der Waals surface area contributed by atoms with Gasteiger partial charge in [0, 0.05) is 4.70 Å². The van der Waals surface area contributed by atoms with E-state index in [1.54, 1.807) is 0 Å². The first-order valence-corrected chi connectivity index (χ1v) is 5.89. The number of hydrogen-bond acceptors (Lipinski definition) is 1. The van der Waals surface area contributed by atoms with Gasteiger partial charge in [-0.1, -0.05) is 32.9 Å². The van der Waals surface area contributed by atoms with Gasteiger partial charge in [0.05, 0.1) is 0 Å². The van der Waals surface area contributed by atoms with Crippen molar-refractivity contribution in [1.29, 1.82) is 0 Å². The summed E-state index contributed by atoms with van der Waals surface area (Å²) in [5.74, 6) is 0. The van der Waals surface area contributed by atoms with Crippen LogP contribution in [0.15, 0.2) is 29.6 Å². The monoisotopic (exact) mass is 204 g/mol. The Hall–Kier alpha value is -0.820. The lowest BCUT2D eigenvalue weighted by molar-refractivity contribution is 0.411. The molecule has 0 saturated heterocycles. The van der Waals surface area contributed by atoms with E-state index in [1.807, 2.05) is 11.3 Å². The maximum atomic E-state index is 2.32. The third kappa shape index (κ3) is 2.16. The largest absolute Gasteiger partial charge is 0.144 e. The minimum atomic E-state index is 0.379. The van der Waals surface area contributed by atoms with E-state index in [-0.39, 0.29) is 0 Å². The molecule has 0 amide bonds. The summed E-state index contributed by atoms with van der Waals surface area (Å²) in [5, 5.41) is 3.54. The first kappa shape index (κ1) is 9.72. The molecule has 2 rings (SSSR count). The minimum absolute atomic E-state index is 0.379. The quantitative estimate of drug-likeness (QED) is 0.642. The molecule has 74 valence electrons. The second-order valence-corrected chi connectivity index (χ2v) is 5.98. The third-order valence-electron chi connectivity index (χ3n) is 2.25. The van der Waals surface area contributed by atoms with E-state index in [9.17, 15) is 0 Å². The molecule has 0 spiro atoms. The van der Waals surface area contributed by atoms with Crippen LogP contribution in [-0.4, -0.2) is 0 Å². The molecule has 0 fully saturated rings. The van der Waals surface area contributed by atoms with Crippen LogP contribution in [0, 0.1) is 5.41 Å². The Bertz CT molecular complexity index is 432. The Labute approximate surface area is 89.6 Å². The van der Waals surface area contributed by atoms with E-state index in [0.717, 1.165) is 6.42 Å². The Balaban J connectivity index is 2.35.